The molecule has 0 spiro atoms. The second-order valence-corrected chi connectivity index (χ2v) is 7.86. The van der Waals surface area contributed by atoms with Gasteiger partial charge in [0, 0.05) is 9.79 Å². The van der Waals surface area contributed by atoms with Crippen molar-refractivity contribution in [3.05, 3.63) is 80.9 Å². The van der Waals surface area contributed by atoms with Gasteiger partial charge in [-0.05, 0) is 35.0 Å². The minimum atomic E-state index is -0.618. The van der Waals surface area contributed by atoms with Crippen molar-refractivity contribution in [1.82, 2.24) is 4.98 Å². The Balaban J connectivity index is 2.22. The van der Waals surface area contributed by atoms with Crippen LogP contribution in [0.3, 0.4) is 0 Å². The maximum atomic E-state index is 6.26. The third-order valence-corrected chi connectivity index (χ3v) is 6.54. The van der Waals surface area contributed by atoms with Crippen LogP contribution in [0.4, 0.5) is 5.82 Å². The Morgan fingerprint density at radius 2 is 1.17 bits per heavy atom. The molecule has 0 unspecified atom stereocenters. The highest BCUT2D eigenvalue weighted by atomic mass is 35.5. The van der Waals surface area contributed by atoms with Crippen LogP contribution >= 0.6 is 46.4 Å². The molecule has 0 amide bonds. The van der Waals surface area contributed by atoms with Crippen molar-refractivity contribution < 1.29 is 0 Å². The van der Waals surface area contributed by atoms with Gasteiger partial charge in [0.15, 0.2) is 11.0 Å². The van der Waals surface area contributed by atoms with Crippen molar-refractivity contribution in [2.24, 2.45) is 4.36 Å². The van der Waals surface area contributed by atoms with Crippen molar-refractivity contribution in [3.63, 3.8) is 0 Å². The zero-order valence-electron chi connectivity index (χ0n) is 12.1. The van der Waals surface area contributed by atoms with Crippen LogP contribution in [-0.2, 0) is 10.7 Å². The second-order valence-electron chi connectivity index (χ2n) is 4.67. The van der Waals surface area contributed by atoms with Crippen LogP contribution < -0.4 is 0 Å². The summed E-state index contributed by atoms with van der Waals surface area (Å²) in [5, 5.41) is 0.549. The van der Waals surface area contributed by atoms with E-state index in [0.717, 1.165) is 9.79 Å². The van der Waals surface area contributed by atoms with E-state index in [-0.39, 0.29) is 26.0 Å². The first-order valence-electron chi connectivity index (χ1n) is 6.84. The molecule has 0 aliphatic carbocycles. The van der Waals surface area contributed by atoms with Crippen LogP contribution in [0.15, 0.2) is 74.8 Å². The molecule has 0 N–H and O–H groups in total. The topological polar surface area (TPSA) is 25.2 Å². The summed E-state index contributed by atoms with van der Waals surface area (Å²) in [6, 6.07) is 19.8. The first-order chi connectivity index (χ1) is 11.6. The lowest BCUT2D eigenvalue weighted by atomic mass is 10.4. The Morgan fingerprint density at radius 3 is 1.67 bits per heavy atom. The summed E-state index contributed by atoms with van der Waals surface area (Å²) in [6.07, 6.45) is 0. The Kier molecular flexibility index (Phi) is 5.80. The van der Waals surface area contributed by atoms with Gasteiger partial charge >= 0.3 is 0 Å². The summed E-state index contributed by atoms with van der Waals surface area (Å²) in [5.41, 5.74) is 0. The van der Waals surface area contributed by atoms with Gasteiger partial charge in [-0.2, -0.15) is 4.36 Å². The Hall–Kier alpha value is -1.10. The SMILES string of the molecule is Clc1nc(N=S(c2ccccc2)c2ccccc2)c(Cl)c(Cl)c1Cl. The molecule has 0 fully saturated rings. The number of hydrogen-bond donors (Lipinski definition) is 0. The van der Waals surface area contributed by atoms with E-state index >= 15 is 0 Å². The first-order valence-corrected chi connectivity index (χ1v) is 9.53. The molecule has 0 bridgehead atoms. The van der Waals surface area contributed by atoms with Crippen LogP contribution in [-0.4, -0.2) is 4.98 Å². The predicted octanol–water partition coefficient (Wildman–Crippen LogP) is 7.25. The number of nitrogens with zero attached hydrogens (tertiary/aromatic N) is 2. The molecule has 0 aliphatic rings. The molecule has 0 saturated carbocycles. The predicted molar refractivity (Wildman–Crippen MR) is 103 cm³/mol. The number of aromatic nitrogens is 1. The summed E-state index contributed by atoms with van der Waals surface area (Å²) < 4.78 is 4.72. The third kappa shape index (κ3) is 3.76. The van der Waals surface area contributed by atoms with Crippen molar-refractivity contribution in [3.8, 4) is 0 Å². The highest BCUT2D eigenvalue weighted by Gasteiger charge is 2.16. The Morgan fingerprint density at radius 1 is 0.667 bits per heavy atom. The maximum Gasteiger partial charge on any atom is 0.181 e. The van der Waals surface area contributed by atoms with E-state index < -0.39 is 10.7 Å². The minimum absolute atomic E-state index is 0.0782. The van der Waals surface area contributed by atoms with Crippen molar-refractivity contribution in [2.75, 3.05) is 0 Å². The second kappa shape index (κ2) is 7.85. The molecule has 0 atom stereocenters. The molecule has 3 rings (SSSR count). The maximum absolute atomic E-state index is 6.26. The van der Waals surface area contributed by atoms with E-state index in [1.165, 1.54) is 0 Å². The van der Waals surface area contributed by atoms with E-state index in [0.29, 0.717) is 0 Å². The van der Waals surface area contributed by atoms with E-state index in [4.69, 9.17) is 50.8 Å². The fourth-order valence-electron chi connectivity index (χ4n) is 1.96. The van der Waals surface area contributed by atoms with Crippen LogP contribution in [0.25, 0.3) is 0 Å². The van der Waals surface area contributed by atoms with E-state index in [1.807, 2.05) is 60.7 Å². The third-order valence-electron chi connectivity index (χ3n) is 3.08. The van der Waals surface area contributed by atoms with Crippen LogP contribution in [0, 0.1) is 0 Å². The molecule has 0 aliphatic heterocycles. The fraction of sp³-hybridized carbons (Fsp3) is 0. The van der Waals surface area contributed by atoms with Gasteiger partial charge in [-0.1, -0.05) is 82.8 Å². The number of benzene rings is 2. The monoisotopic (exact) mass is 414 g/mol. The fourth-order valence-corrected chi connectivity index (χ4v) is 4.39. The summed E-state index contributed by atoms with van der Waals surface area (Å²) >= 11 is 24.4. The summed E-state index contributed by atoms with van der Waals surface area (Å²) in [6.45, 7) is 0. The summed E-state index contributed by atoms with van der Waals surface area (Å²) in [4.78, 5) is 6.24. The lowest BCUT2D eigenvalue weighted by molar-refractivity contribution is 1.27. The largest absolute Gasteiger partial charge is 0.213 e. The average Bonchev–Trinajstić information content (AvgIpc) is 2.63. The van der Waals surface area contributed by atoms with Gasteiger partial charge in [0.1, 0.15) is 5.02 Å². The number of halogens is 4. The van der Waals surface area contributed by atoms with Crippen molar-refractivity contribution >= 4 is 62.9 Å². The minimum Gasteiger partial charge on any atom is -0.213 e. The average molecular weight is 416 g/mol. The van der Waals surface area contributed by atoms with Crippen LogP contribution in [0.2, 0.25) is 20.2 Å². The highest BCUT2D eigenvalue weighted by molar-refractivity contribution is 7.87. The zero-order valence-corrected chi connectivity index (χ0v) is 15.9. The molecular weight excluding hydrogens is 406 g/mol. The van der Waals surface area contributed by atoms with Gasteiger partial charge in [0.25, 0.3) is 0 Å². The van der Waals surface area contributed by atoms with Gasteiger partial charge in [-0.3, -0.25) is 0 Å². The van der Waals surface area contributed by atoms with Crippen molar-refractivity contribution in [1.29, 1.82) is 0 Å². The van der Waals surface area contributed by atoms with Crippen molar-refractivity contribution in [2.45, 2.75) is 9.79 Å². The highest BCUT2D eigenvalue weighted by Crippen LogP contribution is 2.40. The van der Waals surface area contributed by atoms with Crippen LogP contribution in [0.1, 0.15) is 0 Å². The summed E-state index contributed by atoms with van der Waals surface area (Å²) in [5.74, 6) is 0.270. The van der Waals surface area contributed by atoms with Gasteiger partial charge in [0.2, 0.25) is 0 Å². The molecule has 1 aromatic heterocycles. The van der Waals surface area contributed by atoms with Crippen LogP contribution in [0.5, 0.6) is 0 Å². The number of hydrogen-bond acceptors (Lipinski definition) is 2. The molecule has 7 heteroatoms. The smallest absolute Gasteiger partial charge is 0.181 e. The molecule has 2 nitrogen and oxygen atoms in total. The molecule has 122 valence electrons. The molecule has 24 heavy (non-hydrogen) atoms. The first kappa shape index (κ1) is 17.7. The van der Waals surface area contributed by atoms with E-state index in [1.54, 1.807) is 0 Å². The summed E-state index contributed by atoms with van der Waals surface area (Å²) in [7, 11) is -0.618. The van der Waals surface area contributed by atoms with E-state index in [9.17, 15) is 0 Å². The zero-order chi connectivity index (χ0) is 17.1. The molecule has 3 aromatic rings. The molecule has 2 aromatic carbocycles. The molecule has 0 radical (unpaired) electrons. The van der Waals surface area contributed by atoms with Gasteiger partial charge < -0.3 is 0 Å². The lowest BCUT2D eigenvalue weighted by Gasteiger charge is -2.10. The normalized spacial score (nSPS) is 10.9. The molecule has 0 saturated heterocycles. The van der Waals surface area contributed by atoms with Gasteiger partial charge in [0.05, 0.1) is 10.0 Å². The number of pyridine rings is 1. The van der Waals surface area contributed by atoms with Gasteiger partial charge in [-0.25, -0.2) is 4.98 Å². The van der Waals surface area contributed by atoms with E-state index in [2.05, 4.69) is 4.98 Å². The number of rotatable bonds is 3. The lowest BCUT2D eigenvalue weighted by Crippen LogP contribution is -1.93. The Bertz CT molecular complexity index is 858. The quantitative estimate of drug-likeness (QED) is 0.413. The van der Waals surface area contributed by atoms with Gasteiger partial charge in [-0.15, -0.1) is 0 Å². The Labute approximate surface area is 162 Å². The standard InChI is InChI=1S/C17H10Cl4N2S/c18-13-14(19)16(21)22-17(15(13)20)23-24(11-7-3-1-4-8-11)12-9-5-2-6-10-12/h1-10H. The molecule has 1 heterocycles. The molecular formula is C17H10Cl4N2S.